The third kappa shape index (κ3) is 4.14. The molecule has 6 heteroatoms. The number of anilines is 2. The molecule has 2 fully saturated rings. The molecule has 33 heavy (non-hydrogen) atoms. The molecule has 0 radical (unpaired) electrons. The van der Waals surface area contributed by atoms with Gasteiger partial charge in [-0.2, -0.15) is 0 Å². The summed E-state index contributed by atoms with van der Waals surface area (Å²) in [6, 6.07) is 14.5. The predicted molar refractivity (Wildman–Crippen MR) is 133 cm³/mol. The van der Waals surface area contributed by atoms with E-state index in [9.17, 15) is 4.79 Å². The fraction of sp³-hybridized carbons (Fsp3) is 0.444. The summed E-state index contributed by atoms with van der Waals surface area (Å²) in [5.41, 5.74) is 11.0. The quantitative estimate of drug-likeness (QED) is 0.431. The largest absolute Gasteiger partial charge is 0.494 e. The smallest absolute Gasteiger partial charge is 0.412 e. The van der Waals surface area contributed by atoms with Crippen LogP contribution >= 0.6 is 0 Å². The van der Waals surface area contributed by atoms with Crippen LogP contribution in [0.5, 0.6) is 5.75 Å². The average molecular weight is 448 g/mol. The second-order valence-electron chi connectivity index (χ2n) is 9.58. The van der Waals surface area contributed by atoms with Gasteiger partial charge in [-0.05, 0) is 83.1 Å². The lowest BCUT2D eigenvalue weighted by Crippen LogP contribution is -2.30. The molecule has 2 saturated carbocycles. The topological polar surface area (TPSA) is 78.5 Å². The monoisotopic (exact) mass is 447 g/mol. The number of nitrogen functional groups attached to an aromatic ring is 1. The third-order valence-corrected chi connectivity index (χ3v) is 7.17. The molecule has 174 valence electrons. The van der Waals surface area contributed by atoms with Gasteiger partial charge in [0.15, 0.2) is 0 Å². The molecule has 2 aliphatic rings. The van der Waals surface area contributed by atoms with Crippen LogP contribution in [-0.4, -0.2) is 22.9 Å². The van der Waals surface area contributed by atoms with Crippen molar-refractivity contribution in [3.8, 4) is 17.0 Å². The van der Waals surface area contributed by atoms with Crippen LogP contribution in [0.3, 0.4) is 0 Å². The van der Waals surface area contributed by atoms with E-state index in [1.807, 2.05) is 44.2 Å². The number of hydrogen-bond donors (Lipinski definition) is 2. The van der Waals surface area contributed by atoms with Crippen molar-refractivity contribution < 1.29 is 14.3 Å². The zero-order valence-electron chi connectivity index (χ0n) is 19.5. The first-order valence-electron chi connectivity index (χ1n) is 12.1. The SMILES string of the molecule is CCOc1ccc2c(N)c(-c3ccc(NC(=O)OC4(C)CCCC4)cc3)n(C3CCC3)c2c1. The molecule has 0 aliphatic heterocycles. The van der Waals surface area contributed by atoms with Crippen molar-refractivity contribution in [2.24, 2.45) is 0 Å². The van der Waals surface area contributed by atoms with E-state index in [4.69, 9.17) is 15.2 Å². The minimum atomic E-state index is -0.390. The fourth-order valence-electron chi connectivity index (χ4n) is 5.20. The van der Waals surface area contributed by atoms with Crippen LogP contribution in [0, 0.1) is 0 Å². The van der Waals surface area contributed by atoms with Crippen LogP contribution in [0.15, 0.2) is 42.5 Å². The number of carbonyl (C=O) groups excluding carboxylic acids is 1. The van der Waals surface area contributed by atoms with E-state index < -0.39 is 6.09 Å². The number of hydrogen-bond acceptors (Lipinski definition) is 4. The van der Waals surface area contributed by atoms with E-state index in [1.54, 1.807) is 0 Å². The molecule has 0 unspecified atom stereocenters. The van der Waals surface area contributed by atoms with Gasteiger partial charge in [0.1, 0.15) is 11.4 Å². The van der Waals surface area contributed by atoms with Gasteiger partial charge in [0.25, 0.3) is 0 Å². The molecule has 6 nitrogen and oxygen atoms in total. The minimum Gasteiger partial charge on any atom is -0.494 e. The number of amides is 1. The molecule has 2 aliphatic carbocycles. The van der Waals surface area contributed by atoms with E-state index in [-0.39, 0.29) is 5.60 Å². The standard InChI is InChI=1S/C27H33N3O3/c1-3-32-21-13-14-22-23(17-21)30(20-7-6-8-20)25(24(22)28)18-9-11-19(12-10-18)29-26(31)33-27(2)15-4-5-16-27/h9-14,17,20H,3-8,15-16,28H2,1-2H3,(H,29,31). The number of rotatable bonds is 6. The highest BCUT2D eigenvalue weighted by Crippen LogP contribution is 2.45. The van der Waals surface area contributed by atoms with Gasteiger partial charge in [0.2, 0.25) is 0 Å². The first kappa shape index (κ1) is 21.7. The predicted octanol–water partition coefficient (Wildman–Crippen LogP) is 6.90. The highest BCUT2D eigenvalue weighted by Gasteiger charge is 2.32. The van der Waals surface area contributed by atoms with Crippen molar-refractivity contribution >= 4 is 28.4 Å². The second kappa shape index (κ2) is 8.65. The van der Waals surface area contributed by atoms with Gasteiger partial charge in [-0.15, -0.1) is 0 Å². The molecule has 0 saturated heterocycles. The molecule has 0 atom stereocenters. The first-order valence-corrected chi connectivity index (χ1v) is 12.1. The minimum absolute atomic E-state index is 0.345. The van der Waals surface area contributed by atoms with Crippen molar-refractivity contribution in [2.75, 3.05) is 17.7 Å². The lowest BCUT2D eigenvalue weighted by atomic mass is 9.92. The van der Waals surface area contributed by atoms with E-state index >= 15 is 0 Å². The van der Waals surface area contributed by atoms with Crippen LogP contribution < -0.4 is 15.8 Å². The highest BCUT2D eigenvalue weighted by atomic mass is 16.6. The summed E-state index contributed by atoms with van der Waals surface area (Å²) in [4.78, 5) is 12.4. The normalized spacial score (nSPS) is 17.6. The molecule has 1 aromatic heterocycles. The Morgan fingerprint density at radius 3 is 2.48 bits per heavy atom. The Labute approximate surface area is 195 Å². The van der Waals surface area contributed by atoms with Crippen LogP contribution in [0.4, 0.5) is 16.2 Å². The number of fused-ring (bicyclic) bond motifs is 1. The summed E-state index contributed by atoms with van der Waals surface area (Å²) in [6.45, 7) is 4.64. The molecule has 1 heterocycles. The summed E-state index contributed by atoms with van der Waals surface area (Å²) in [5, 5.41) is 3.93. The van der Waals surface area contributed by atoms with E-state index in [0.717, 1.165) is 72.1 Å². The average Bonchev–Trinajstić information content (AvgIpc) is 3.29. The van der Waals surface area contributed by atoms with Gasteiger partial charge in [-0.3, -0.25) is 5.32 Å². The molecule has 3 N–H and O–H groups in total. The number of nitrogens with one attached hydrogen (secondary N) is 1. The van der Waals surface area contributed by atoms with Crippen molar-refractivity contribution in [1.82, 2.24) is 4.57 Å². The zero-order chi connectivity index (χ0) is 23.0. The van der Waals surface area contributed by atoms with Crippen molar-refractivity contribution in [3.05, 3.63) is 42.5 Å². The lowest BCUT2D eigenvalue weighted by Gasteiger charge is -2.30. The summed E-state index contributed by atoms with van der Waals surface area (Å²) in [6.07, 6.45) is 7.23. The molecule has 3 aromatic rings. The Balaban J connectivity index is 1.44. The Bertz CT molecular complexity index is 1160. The van der Waals surface area contributed by atoms with Gasteiger partial charge in [-0.1, -0.05) is 12.1 Å². The number of benzene rings is 2. The molecular formula is C27H33N3O3. The maximum absolute atomic E-state index is 12.4. The lowest BCUT2D eigenvalue weighted by molar-refractivity contribution is 0.0400. The van der Waals surface area contributed by atoms with Crippen LogP contribution in [-0.2, 0) is 4.74 Å². The molecule has 0 spiro atoms. The second-order valence-corrected chi connectivity index (χ2v) is 9.58. The van der Waals surface area contributed by atoms with Crippen molar-refractivity contribution in [1.29, 1.82) is 0 Å². The van der Waals surface area contributed by atoms with E-state index in [1.165, 1.54) is 6.42 Å². The highest BCUT2D eigenvalue weighted by molar-refractivity contribution is 6.01. The van der Waals surface area contributed by atoms with Crippen LogP contribution in [0.25, 0.3) is 22.2 Å². The summed E-state index contributed by atoms with van der Waals surface area (Å²) in [5.74, 6) is 0.864. The van der Waals surface area contributed by atoms with Crippen LogP contribution in [0.1, 0.15) is 64.8 Å². The van der Waals surface area contributed by atoms with E-state index in [0.29, 0.717) is 18.3 Å². The van der Waals surface area contributed by atoms with Crippen molar-refractivity contribution in [2.45, 2.75) is 70.4 Å². The number of carbonyl (C=O) groups is 1. The number of nitrogens with two attached hydrogens (primary N) is 1. The van der Waals surface area contributed by atoms with Gasteiger partial charge in [-0.25, -0.2) is 4.79 Å². The summed E-state index contributed by atoms with van der Waals surface area (Å²) < 4.78 is 13.8. The molecule has 0 bridgehead atoms. The Kier molecular flexibility index (Phi) is 5.69. The molecule has 2 aromatic carbocycles. The Morgan fingerprint density at radius 1 is 1.12 bits per heavy atom. The zero-order valence-corrected chi connectivity index (χ0v) is 19.5. The first-order chi connectivity index (χ1) is 16.0. The number of nitrogens with zero attached hydrogens (tertiary/aromatic N) is 1. The van der Waals surface area contributed by atoms with Crippen LogP contribution in [0.2, 0.25) is 0 Å². The maximum atomic E-state index is 12.4. The summed E-state index contributed by atoms with van der Waals surface area (Å²) >= 11 is 0. The van der Waals surface area contributed by atoms with Gasteiger partial charge >= 0.3 is 6.09 Å². The molecule has 5 rings (SSSR count). The molecule has 1 amide bonds. The number of aromatic nitrogens is 1. The molecular weight excluding hydrogens is 414 g/mol. The van der Waals surface area contributed by atoms with Gasteiger partial charge in [0.05, 0.1) is 23.5 Å². The summed E-state index contributed by atoms with van der Waals surface area (Å²) in [7, 11) is 0. The fourth-order valence-corrected chi connectivity index (χ4v) is 5.20. The Hall–Kier alpha value is -3.15. The van der Waals surface area contributed by atoms with Crippen molar-refractivity contribution in [3.63, 3.8) is 0 Å². The van der Waals surface area contributed by atoms with Gasteiger partial charge < -0.3 is 19.8 Å². The third-order valence-electron chi connectivity index (χ3n) is 7.17. The maximum Gasteiger partial charge on any atom is 0.412 e. The number of ether oxygens (including phenoxy) is 2. The van der Waals surface area contributed by atoms with E-state index in [2.05, 4.69) is 22.0 Å². The van der Waals surface area contributed by atoms with Gasteiger partial charge in [0, 0.05) is 28.7 Å². The Morgan fingerprint density at radius 2 is 1.85 bits per heavy atom.